The summed E-state index contributed by atoms with van der Waals surface area (Å²) in [5.41, 5.74) is 7.59. The van der Waals surface area contributed by atoms with E-state index in [2.05, 4.69) is 5.32 Å². The number of halogens is 2. The molecule has 0 radical (unpaired) electrons. The quantitative estimate of drug-likeness (QED) is 0.651. The summed E-state index contributed by atoms with van der Waals surface area (Å²) in [7, 11) is 0. The van der Waals surface area contributed by atoms with Gasteiger partial charge in [-0.05, 0) is 41.8 Å². The largest absolute Gasteiger partial charge is 0.377 e. The van der Waals surface area contributed by atoms with E-state index < -0.39 is 24.1 Å². The van der Waals surface area contributed by atoms with Crippen molar-refractivity contribution < 1.29 is 19.1 Å². The molecule has 7 nitrogen and oxygen atoms in total. The van der Waals surface area contributed by atoms with Gasteiger partial charge in [0.25, 0.3) is 5.91 Å². The number of hydrogen-bond donors (Lipinski definition) is 3. The Morgan fingerprint density at radius 3 is 2.59 bits per heavy atom. The molecule has 0 bridgehead atoms. The van der Waals surface area contributed by atoms with Crippen LogP contribution in [0.1, 0.15) is 24.2 Å². The Hall–Kier alpha value is -2.52. The number of hydrogen-bond acceptors (Lipinski definition) is 5. The number of nitrogens with one attached hydrogen (secondary N) is 1. The number of benzene rings is 2. The van der Waals surface area contributed by atoms with Gasteiger partial charge in [0.2, 0.25) is 5.91 Å². The molecule has 3 unspecified atom stereocenters. The molecule has 0 spiro atoms. The van der Waals surface area contributed by atoms with Gasteiger partial charge in [-0.15, -0.1) is 0 Å². The standard InChI is InChI=1S/C23H26ClFN4O3/c1-12(2)20(26)23(32)28-7-8-29-19(11-28)21(30)27-18-6-3-13(9-16(18)22(29)31)15-5-4-14(24)10-17(15)25/h3-6,9-10,12,19-20,23,32H,7-8,11,26H2,1-2H3,(H,27,30). The number of carbonyl (C=O) groups excluding carboxylic acids is 2. The Balaban J connectivity index is 1.63. The van der Waals surface area contributed by atoms with Gasteiger partial charge in [0, 0.05) is 36.3 Å². The van der Waals surface area contributed by atoms with E-state index >= 15 is 0 Å². The maximum atomic E-state index is 14.4. The van der Waals surface area contributed by atoms with Crippen LogP contribution >= 0.6 is 11.6 Å². The molecule has 9 heteroatoms. The molecule has 0 aliphatic carbocycles. The van der Waals surface area contributed by atoms with Crippen molar-refractivity contribution in [2.24, 2.45) is 11.7 Å². The van der Waals surface area contributed by atoms with E-state index in [1.165, 1.54) is 11.0 Å². The van der Waals surface area contributed by atoms with Gasteiger partial charge < -0.3 is 21.1 Å². The average molecular weight is 461 g/mol. The summed E-state index contributed by atoms with van der Waals surface area (Å²) < 4.78 is 14.4. The Morgan fingerprint density at radius 2 is 1.91 bits per heavy atom. The predicted octanol–water partition coefficient (Wildman–Crippen LogP) is 2.53. The highest BCUT2D eigenvalue weighted by molar-refractivity contribution is 6.30. The molecular formula is C23H26ClFN4O3. The fourth-order valence-electron chi connectivity index (χ4n) is 4.19. The molecule has 3 atom stereocenters. The lowest BCUT2D eigenvalue weighted by molar-refractivity contribution is -0.125. The molecule has 1 fully saturated rings. The van der Waals surface area contributed by atoms with Crippen molar-refractivity contribution >= 4 is 29.1 Å². The molecule has 0 aromatic heterocycles. The van der Waals surface area contributed by atoms with E-state index in [0.29, 0.717) is 28.9 Å². The number of nitrogens with two attached hydrogens (primary N) is 1. The van der Waals surface area contributed by atoms with Gasteiger partial charge in [0.05, 0.1) is 11.3 Å². The molecule has 2 aliphatic heterocycles. The van der Waals surface area contributed by atoms with Gasteiger partial charge in [-0.25, -0.2) is 4.39 Å². The van der Waals surface area contributed by atoms with E-state index in [-0.39, 0.29) is 35.8 Å². The number of carbonyl (C=O) groups is 2. The van der Waals surface area contributed by atoms with Gasteiger partial charge in [-0.2, -0.15) is 0 Å². The van der Waals surface area contributed by atoms with E-state index in [9.17, 15) is 19.1 Å². The maximum absolute atomic E-state index is 14.4. The third-order valence-corrected chi connectivity index (χ3v) is 6.45. The Bertz CT molecular complexity index is 1060. The minimum atomic E-state index is -0.912. The maximum Gasteiger partial charge on any atom is 0.256 e. The minimum absolute atomic E-state index is 0.0589. The van der Waals surface area contributed by atoms with Crippen LogP contribution in [-0.2, 0) is 4.79 Å². The fraction of sp³-hybridized carbons (Fsp3) is 0.391. The van der Waals surface area contributed by atoms with Crippen molar-refractivity contribution in [3.8, 4) is 11.1 Å². The second-order valence-electron chi connectivity index (χ2n) is 8.62. The topological polar surface area (TPSA) is 98.9 Å². The molecule has 2 heterocycles. The summed E-state index contributed by atoms with van der Waals surface area (Å²) in [4.78, 5) is 29.6. The summed E-state index contributed by atoms with van der Waals surface area (Å²) in [6.07, 6.45) is -0.912. The summed E-state index contributed by atoms with van der Waals surface area (Å²) in [6.45, 7) is 4.66. The number of piperazine rings is 1. The van der Waals surface area contributed by atoms with E-state index in [1.807, 2.05) is 13.8 Å². The Morgan fingerprint density at radius 1 is 1.16 bits per heavy atom. The normalized spacial score (nSPS) is 21.0. The van der Waals surface area contributed by atoms with Crippen LogP contribution in [0.15, 0.2) is 36.4 Å². The lowest BCUT2D eigenvalue weighted by atomic mass is 10.00. The van der Waals surface area contributed by atoms with Gasteiger partial charge >= 0.3 is 0 Å². The first-order valence-corrected chi connectivity index (χ1v) is 10.9. The van der Waals surface area contributed by atoms with Crippen LogP contribution in [-0.4, -0.2) is 64.7 Å². The zero-order chi connectivity index (χ0) is 23.2. The first-order valence-electron chi connectivity index (χ1n) is 10.6. The second-order valence-corrected chi connectivity index (χ2v) is 9.05. The predicted molar refractivity (Wildman–Crippen MR) is 121 cm³/mol. The number of fused-ring (bicyclic) bond motifs is 2. The van der Waals surface area contributed by atoms with E-state index in [4.69, 9.17) is 17.3 Å². The lowest BCUT2D eigenvalue weighted by Crippen LogP contribution is -2.63. The highest BCUT2D eigenvalue weighted by Crippen LogP contribution is 2.32. The summed E-state index contributed by atoms with van der Waals surface area (Å²) >= 11 is 5.85. The Kier molecular flexibility index (Phi) is 6.22. The average Bonchev–Trinajstić information content (AvgIpc) is 2.87. The first kappa shape index (κ1) is 22.7. The molecule has 4 rings (SSSR count). The number of anilines is 1. The number of amides is 2. The highest BCUT2D eigenvalue weighted by atomic mass is 35.5. The van der Waals surface area contributed by atoms with Crippen LogP contribution in [0.2, 0.25) is 5.02 Å². The number of aliphatic hydroxyl groups excluding tert-OH is 1. The molecule has 4 N–H and O–H groups in total. The van der Waals surface area contributed by atoms with Crippen molar-refractivity contribution in [3.63, 3.8) is 0 Å². The van der Waals surface area contributed by atoms with Crippen molar-refractivity contribution in [1.29, 1.82) is 0 Å². The molecule has 32 heavy (non-hydrogen) atoms. The third kappa shape index (κ3) is 4.11. The second kappa shape index (κ2) is 8.78. The van der Waals surface area contributed by atoms with Crippen molar-refractivity contribution in [2.45, 2.75) is 32.2 Å². The molecule has 2 amide bonds. The van der Waals surface area contributed by atoms with Gasteiger partial charge in [0.1, 0.15) is 18.1 Å². The summed E-state index contributed by atoms with van der Waals surface area (Å²) in [5.74, 6) is -1.09. The summed E-state index contributed by atoms with van der Waals surface area (Å²) in [5, 5.41) is 13.7. The van der Waals surface area contributed by atoms with Crippen LogP contribution in [0.25, 0.3) is 11.1 Å². The van der Waals surface area contributed by atoms with Gasteiger partial charge in [-0.1, -0.05) is 31.5 Å². The van der Waals surface area contributed by atoms with Crippen LogP contribution < -0.4 is 11.1 Å². The van der Waals surface area contributed by atoms with Crippen molar-refractivity contribution in [2.75, 3.05) is 25.0 Å². The lowest BCUT2D eigenvalue weighted by Gasteiger charge is -2.43. The van der Waals surface area contributed by atoms with Crippen LogP contribution in [0.3, 0.4) is 0 Å². The highest BCUT2D eigenvalue weighted by Gasteiger charge is 2.41. The molecule has 1 saturated heterocycles. The minimum Gasteiger partial charge on any atom is -0.377 e. The first-order chi connectivity index (χ1) is 15.2. The molecule has 2 aromatic carbocycles. The van der Waals surface area contributed by atoms with Crippen LogP contribution in [0.4, 0.5) is 10.1 Å². The van der Waals surface area contributed by atoms with Crippen molar-refractivity contribution in [3.05, 3.63) is 52.8 Å². The molecule has 2 aromatic rings. The smallest absolute Gasteiger partial charge is 0.256 e. The van der Waals surface area contributed by atoms with Crippen LogP contribution in [0, 0.1) is 11.7 Å². The van der Waals surface area contributed by atoms with Crippen LogP contribution in [0.5, 0.6) is 0 Å². The number of rotatable bonds is 4. The molecule has 0 saturated carbocycles. The summed E-state index contributed by atoms with van der Waals surface area (Å²) in [6, 6.07) is 7.96. The molecule has 170 valence electrons. The Labute approximate surface area is 190 Å². The SMILES string of the molecule is CC(C)C(N)C(O)N1CCN2C(=O)c3cc(-c4ccc(Cl)cc4F)ccc3NC(=O)C2C1. The van der Waals surface area contributed by atoms with Crippen molar-refractivity contribution in [1.82, 2.24) is 9.80 Å². The molecule has 2 aliphatic rings. The van der Waals surface area contributed by atoms with Gasteiger partial charge in [0.15, 0.2) is 0 Å². The fourth-order valence-corrected chi connectivity index (χ4v) is 4.35. The zero-order valence-electron chi connectivity index (χ0n) is 17.9. The zero-order valence-corrected chi connectivity index (χ0v) is 18.6. The number of nitrogens with zero attached hydrogens (tertiary/aromatic N) is 2. The van der Waals surface area contributed by atoms with E-state index in [1.54, 1.807) is 35.2 Å². The monoisotopic (exact) mass is 460 g/mol. The number of aliphatic hydroxyl groups is 1. The van der Waals surface area contributed by atoms with E-state index in [0.717, 1.165) is 0 Å². The van der Waals surface area contributed by atoms with Gasteiger partial charge in [-0.3, -0.25) is 14.5 Å². The molecular weight excluding hydrogens is 435 g/mol. The third-order valence-electron chi connectivity index (χ3n) is 6.21.